The number of carbonyl (C=O) groups is 1. The molecule has 0 spiro atoms. The molecular weight excluding hydrogens is 264 g/mol. The summed E-state index contributed by atoms with van der Waals surface area (Å²) in [7, 11) is 1.88. The molecule has 0 aliphatic carbocycles. The summed E-state index contributed by atoms with van der Waals surface area (Å²) in [4.78, 5) is 14.5. The molecule has 2 unspecified atom stereocenters. The quantitative estimate of drug-likeness (QED) is 0.790. The Morgan fingerprint density at radius 3 is 2.86 bits per heavy atom. The highest BCUT2D eigenvalue weighted by Gasteiger charge is 2.31. The van der Waals surface area contributed by atoms with E-state index in [9.17, 15) is 4.79 Å². The third-order valence-corrected chi connectivity index (χ3v) is 4.29. The minimum Gasteiger partial charge on any atom is -0.396 e. The number of nitrogens with zero attached hydrogens (tertiary/aromatic N) is 1. The predicted molar refractivity (Wildman–Crippen MR) is 85.3 cm³/mol. The van der Waals surface area contributed by atoms with Crippen LogP contribution in [0.25, 0.3) is 0 Å². The SMILES string of the molecule is CC1Nc2ccccc2CC1C(=O)N(C)CCCCCO. The lowest BCUT2D eigenvalue weighted by molar-refractivity contribution is -0.134. The monoisotopic (exact) mass is 290 g/mol. The number of hydrogen-bond acceptors (Lipinski definition) is 3. The Bertz CT molecular complexity index is 476. The number of aliphatic hydroxyl groups excluding tert-OH is 1. The topological polar surface area (TPSA) is 52.6 Å². The molecule has 0 aromatic heterocycles. The number of nitrogens with one attached hydrogen (secondary N) is 1. The lowest BCUT2D eigenvalue weighted by Crippen LogP contribution is -2.44. The second-order valence-electron chi connectivity index (χ2n) is 5.94. The number of hydrogen-bond donors (Lipinski definition) is 2. The summed E-state index contributed by atoms with van der Waals surface area (Å²) in [6.07, 6.45) is 3.55. The Hall–Kier alpha value is -1.55. The van der Waals surface area contributed by atoms with Gasteiger partial charge in [-0.1, -0.05) is 18.2 Å². The van der Waals surface area contributed by atoms with E-state index in [-0.39, 0.29) is 24.5 Å². The van der Waals surface area contributed by atoms with E-state index in [4.69, 9.17) is 5.11 Å². The lowest BCUT2D eigenvalue weighted by Gasteiger charge is -2.34. The molecule has 21 heavy (non-hydrogen) atoms. The molecule has 116 valence electrons. The molecule has 0 radical (unpaired) electrons. The second-order valence-corrected chi connectivity index (χ2v) is 5.94. The van der Waals surface area contributed by atoms with Crippen molar-refractivity contribution in [1.82, 2.24) is 4.90 Å². The predicted octanol–water partition coefficient (Wildman–Crippen LogP) is 2.28. The minimum absolute atomic E-state index is 0.00254. The number of benzene rings is 1. The zero-order chi connectivity index (χ0) is 15.2. The Kier molecular flexibility index (Phi) is 5.62. The third-order valence-electron chi connectivity index (χ3n) is 4.29. The fourth-order valence-corrected chi connectivity index (χ4v) is 2.93. The average molecular weight is 290 g/mol. The zero-order valence-electron chi connectivity index (χ0n) is 13.0. The minimum atomic E-state index is 0.00254. The Morgan fingerprint density at radius 2 is 2.10 bits per heavy atom. The van der Waals surface area contributed by atoms with E-state index in [1.807, 2.05) is 24.1 Å². The van der Waals surface area contributed by atoms with Crippen LogP contribution in [0.5, 0.6) is 0 Å². The van der Waals surface area contributed by atoms with E-state index in [1.165, 1.54) is 5.56 Å². The fraction of sp³-hybridized carbons (Fsp3) is 0.588. The molecule has 2 atom stereocenters. The summed E-state index contributed by atoms with van der Waals surface area (Å²) in [5, 5.41) is 12.2. The van der Waals surface area contributed by atoms with Crippen LogP contribution in [0.1, 0.15) is 31.7 Å². The van der Waals surface area contributed by atoms with Gasteiger partial charge in [-0.15, -0.1) is 0 Å². The Morgan fingerprint density at radius 1 is 1.33 bits per heavy atom. The largest absolute Gasteiger partial charge is 0.396 e. The summed E-state index contributed by atoms with van der Waals surface area (Å²) >= 11 is 0. The highest BCUT2D eigenvalue weighted by Crippen LogP contribution is 2.29. The molecule has 2 rings (SSSR count). The van der Waals surface area contributed by atoms with Gasteiger partial charge >= 0.3 is 0 Å². The van der Waals surface area contributed by atoms with Crippen molar-refractivity contribution in [3.63, 3.8) is 0 Å². The van der Waals surface area contributed by atoms with E-state index in [1.54, 1.807) is 0 Å². The first-order valence-electron chi connectivity index (χ1n) is 7.83. The lowest BCUT2D eigenvalue weighted by atomic mass is 9.87. The highest BCUT2D eigenvalue weighted by atomic mass is 16.2. The van der Waals surface area contributed by atoms with Gasteiger partial charge in [0.05, 0.1) is 5.92 Å². The molecule has 0 bridgehead atoms. The third kappa shape index (κ3) is 3.97. The van der Waals surface area contributed by atoms with Crippen molar-refractivity contribution < 1.29 is 9.90 Å². The molecule has 0 saturated heterocycles. The van der Waals surface area contributed by atoms with Crippen LogP contribution < -0.4 is 5.32 Å². The van der Waals surface area contributed by atoms with Crippen molar-refractivity contribution in [1.29, 1.82) is 0 Å². The van der Waals surface area contributed by atoms with Gasteiger partial charge in [-0.3, -0.25) is 4.79 Å². The van der Waals surface area contributed by atoms with E-state index >= 15 is 0 Å². The molecule has 1 aromatic carbocycles. The molecule has 1 aliphatic rings. The number of anilines is 1. The van der Waals surface area contributed by atoms with E-state index in [0.29, 0.717) is 0 Å². The molecule has 1 heterocycles. The highest BCUT2D eigenvalue weighted by molar-refractivity contribution is 5.81. The molecule has 4 heteroatoms. The van der Waals surface area contributed by atoms with Crippen LogP contribution in [0.3, 0.4) is 0 Å². The van der Waals surface area contributed by atoms with Gasteiger partial charge in [0.2, 0.25) is 5.91 Å². The van der Waals surface area contributed by atoms with Crippen LogP contribution in [0.2, 0.25) is 0 Å². The smallest absolute Gasteiger partial charge is 0.227 e. The molecule has 0 saturated carbocycles. The van der Waals surface area contributed by atoms with E-state index in [2.05, 4.69) is 24.4 Å². The van der Waals surface area contributed by atoms with Crippen LogP contribution in [0.4, 0.5) is 5.69 Å². The molecule has 1 aromatic rings. The standard InChI is InChI=1S/C17H26N2O2/c1-13-15(12-14-8-4-5-9-16(14)18-13)17(21)19(2)10-6-3-7-11-20/h4-5,8-9,13,15,18,20H,3,6-7,10-12H2,1-2H3. The zero-order valence-corrected chi connectivity index (χ0v) is 13.0. The summed E-state index contributed by atoms with van der Waals surface area (Å²) in [6.45, 7) is 3.08. The second kappa shape index (κ2) is 7.46. The summed E-state index contributed by atoms with van der Waals surface area (Å²) < 4.78 is 0. The van der Waals surface area contributed by atoms with Gasteiger partial charge < -0.3 is 15.3 Å². The molecule has 1 aliphatic heterocycles. The summed E-state index contributed by atoms with van der Waals surface area (Å²) in [6, 6.07) is 8.37. The first-order valence-corrected chi connectivity index (χ1v) is 7.83. The van der Waals surface area contributed by atoms with Crippen LogP contribution in [-0.4, -0.2) is 42.2 Å². The van der Waals surface area contributed by atoms with Crippen LogP contribution >= 0.6 is 0 Å². The number of unbranched alkanes of at least 4 members (excludes halogenated alkanes) is 2. The fourth-order valence-electron chi connectivity index (χ4n) is 2.93. The van der Waals surface area contributed by atoms with Gasteiger partial charge in [-0.2, -0.15) is 0 Å². The molecule has 4 nitrogen and oxygen atoms in total. The number of aliphatic hydroxyl groups is 1. The van der Waals surface area contributed by atoms with Crippen LogP contribution in [0.15, 0.2) is 24.3 Å². The molecule has 2 N–H and O–H groups in total. The normalized spacial score (nSPS) is 20.5. The number of amides is 1. The maximum atomic E-state index is 12.6. The molecule has 0 fully saturated rings. The van der Waals surface area contributed by atoms with Crippen molar-refractivity contribution in [3.05, 3.63) is 29.8 Å². The summed E-state index contributed by atoms with van der Waals surface area (Å²) in [5.41, 5.74) is 2.38. The number of fused-ring (bicyclic) bond motifs is 1. The maximum Gasteiger partial charge on any atom is 0.227 e. The summed E-state index contributed by atoms with van der Waals surface area (Å²) in [5.74, 6) is 0.219. The number of para-hydroxylation sites is 1. The van der Waals surface area contributed by atoms with Gasteiger partial charge in [0.1, 0.15) is 0 Å². The van der Waals surface area contributed by atoms with E-state index < -0.39 is 0 Å². The van der Waals surface area contributed by atoms with Crippen LogP contribution in [-0.2, 0) is 11.2 Å². The first-order chi connectivity index (χ1) is 10.1. The number of carbonyl (C=O) groups excluding carboxylic acids is 1. The van der Waals surface area contributed by atoms with Crippen molar-refractivity contribution in [2.24, 2.45) is 5.92 Å². The Labute approximate surface area is 127 Å². The van der Waals surface area contributed by atoms with Crippen molar-refractivity contribution in [3.8, 4) is 0 Å². The number of rotatable bonds is 6. The van der Waals surface area contributed by atoms with Crippen molar-refractivity contribution in [2.45, 2.75) is 38.6 Å². The van der Waals surface area contributed by atoms with Crippen molar-refractivity contribution >= 4 is 11.6 Å². The van der Waals surface area contributed by atoms with Gasteiger partial charge in [-0.05, 0) is 44.2 Å². The Balaban J connectivity index is 1.93. The van der Waals surface area contributed by atoms with Crippen LogP contribution in [0, 0.1) is 5.92 Å². The molecular formula is C17H26N2O2. The maximum absolute atomic E-state index is 12.6. The van der Waals surface area contributed by atoms with E-state index in [0.717, 1.165) is 37.9 Å². The van der Waals surface area contributed by atoms with Crippen molar-refractivity contribution in [2.75, 3.05) is 25.5 Å². The van der Waals surface area contributed by atoms with Gasteiger partial charge in [-0.25, -0.2) is 0 Å². The first kappa shape index (κ1) is 15.8. The molecule has 1 amide bonds. The van der Waals surface area contributed by atoms with Gasteiger partial charge in [0.25, 0.3) is 0 Å². The average Bonchev–Trinajstić information content (AvgIpc) is 2.50. The van der Waals surface area contributed by atoms with Gasteiger partial charge in [0, 0.05) is 31.9 Å². The van der Waals surface area contributed by atoms with Gasteiger partial charge in [0.15, 0.2) is 0 Å².